The van der Waals surface area contributed by atoms with Crippen molar-refractivity contribution in [2.75, 3.05) is 0 Å². The Labute approximate surface area is 47.1 Å². The van der Waals surface area contributed by atoms with Gasteiger partial charge in [0.25, 0.3) is 0 Å². The van der Waals surface area contributed by atoms with Gasteiger partial charge in [-0.1, -0.05) is 0 Å². The summed E-state index contributed by atoms with van der Waals surface area (Å²) in [5.74, 6) is 0. The number of hydrogen-bond donors (Lipinski definition) is 0. The molecule has 0 bridgehead atoms. The molecule has 1 aliphatic rings. The van der Waals surface area contributed by atoms with Crippen LogP contribution in [0.3, 0.4) is 0 Å². The fraction of sp³-hybridized carbons (Fsp3) is 0.200. The molecule has 0 aliphatic heterocycles. The van der Waals surface area contributed by atoms with Crippen LogP contribution in [-0.2, 0) is 0 Å². The molecule has 6 heavy (non-hydrogen) atoms. The van der Waals surface area contributed by atoms with Gasteiger partial charge in [-0.3, -0.25) is 0 Å². The molecule has 0 saturated carbocycles. The molecule has 0 fully saturated rings. The average Bonchev–Trinajstić information content (AvgIpc) is 1.86. The first-order valence-electron chi connectivity index (χ1n) is 2.22. The third kappa shape index (κ3) is 0.771. The molecular weight excluding hydrogens is 67.0 g/mol. The van der Waals surface area contributed by atoms with E-state index in [2.05, 4.69) is 35.9 Å². The van der Waals surface area contributed by atoms with Gasteiger partial charge in [-0.05, 0) is 0 Å². The van der Waals surface area contributed by atoms with Crippen molar-refractivity contribution in [1.29, 1.82) is 0 Å². The van der Waals surface area contributed by atoms with E-state index in [1.165, 1.54) is 10.7 Å². The van der Waals surface area contributed by atoms with Crippen LogP contribution in [-0.4, -0.2) is 17.7 Å². The Morgan fingerprint density at radius 3 is 2.67 bits per heavy atom. The first-order valence-corrected chi connectivity index (χ1v) is 2.22. The van der Waals surface area contributed by atoms with Crippen LogP contribution in [0.2, 0.25) is 0 Å². The summed E-state index contributed by atoms with van der Waals surface area (Å²) in [4.78, 5) is 0. The molecule has 0 N–H and O–H groups in total. The standard InChI is InChI=1S/C5H5.Li/c1-2-4-5-3-1;/h1-3H,4H2;. The van der Waals surface area contributed by atoms with Crippen molar-refractivity contribution in [1.82, 2.24) is 0 Å². The van der Waals surface area contributed by atoms with Crippen molar-refractivity contribution < 1.29 is 0 Å². The molecule has 0 spiro atoms. The van der Waals surface area contributed by atoms with E-state index in [4.69, 9.17) is 0 Å². The van der Waals surface area contributed by atoms with Crippen LogP contribution in [0.15, 0.2) is 22.5 Å². The second kappa shape index (κ2) is 1.69. The molecule has 26 valence electrons. The van der Waals surface area contributed by atoms with E-state index in [1.807, 2.05) is 0 Å². The van der Waals surface area contributed by atoms with Crippen LogP contribution in [0.1, 0.15) is 6.42 Å². The number of hydrogen-bond acceptors (Lipinski definition) is 0. The predicted octanol–water partition coefficient (Wildman–Crippen LogP) is 0.999. The molecule has 0 aromatic heterocycles. The maximum atomic E-state index is 2.16. The van der Waals surface area contributed by atoms with Gasteiger partial charge in [-0.25, -0.2) is 0 Å². The zero-order valence-electron chi connectivity index (χ0n) is 3.94. The molecule has 0 heterocycles. The SMILES string of the molecule is [Li][C]1=CC=CC1. The summed E-state index contributed by atoms with van der Waals surface area (Å²) in [6.07, 6.45) is 7.56. The Bertz CT molecular complexity index is 101. The zero-order valence-corrected chi connectivity index (χ0v) is 3.94. The summed E-state index contributed by atoms with van der Waals surface area (Å²) < 4.78 is 1.47. The average molecular weight is 72.0 g/mol. The molecule has 0 radical (unpaired) electrons. The van der Waals surface area contributed by atoms with Crippen LogP contribution in [0.4, 0.5) is 0 Å². The summed E-state index contributed by atoms with van der Waals surface area (Å²) in [5, 5.41) is 0. The van der Waals surface area contributed by atoms with Crippen molar-refractivity contribution >= 4 is 17.7 Å². The second-order valence-electron chi connectivity index (χ2n) is 1.65. The van der Waals surface area contributed by atoms with Gasteiger partial charge in [-0.15, -0.1) is 0 Å². The summed E-state index contributed by atoms with van der Waals surface area (Å²) in [7, 11) is 0. The maximum absolute atomic E-state index is 2.16. The van der Waals surface area contributed by atoms with Gasteiger partial charge in [-0.2, -0.15) is 0 Å². The summed E-state index contributed by atoms with van der Waals surface area (Å²) in [5.41, 5.74) is 0. The Morgan fingerprint density at radius 2 is 2.50 bits per heavy atom. The van der Waals surface area contributed by atoms with Gasteiger partial charge in [0, 0.05) is 0 Å². The van der Waals surface area contributed by atoms with E-state index in [0.29, 0.717) is 0 Å². The van der Waals surface area contributed by atoms with Gasteiger partial charge in [0.2, 0.25) is 0 Å². The Kier molecular flexibility index (Phi) is 1.19. The fourth-order valence-electron chi connectivity index (χ4n) is 0.554. The predicted molar refractivity (Wildman–Crippen MR) is 27.6 cm³/mol. The Morgan fingerprint density at radius 1 is 1.67 bits per heavy atom. The molecule has 0 unspecified atom stereocenters. The molecule has 1 aliphatic carbocycles. The van der Waals surface area contributed by atoms with Crippen molar-refractivity contribution in [2.45, 2.75) is 6.42 Å². The van der Waals surface area contributed by atoms with Crippen LogP contribution in [0.25, 0.3) is 0 Å². The first kappa shape index (κ1) is 4.24. The normalized spacial score (nSPS) is 18.7. The monoisotopic (exact) mass is 72.1 g/mol. The quantitative estimate of drug-likeness (QED) is 0.374. The summed E-state index contributed by atoms with van der Waals surface area (Å²) >= 11 is 2.14. The van der Waals surface area contributed by atoms with E-state index in [1.54, 1.807) is 0 Å². The van der Waals surface area contributed by atoms with Crippen LogP contribution in [0.5, 0.6) is 0 Å². The number of rotatable bonds is 0. The van der Waals surface area contributed by atoms with Crippen molar-refractivity contribution in [3.8, 4) is 0 Å². The van der Waals surface area contributed by atoms with Gasteiger partial charge >= 0.3 is 46.6 Å². The molecule has 1 heteroatoms. The van der Waals surface area contributed by atoms with Crippen LogP contribution >= 0.6 is 0 Å². The zero-order chi connectivity index (χ0) is 4.41. The Hall–Kier alpha value is 0.0774. The van der Waals surface area contributed by atoms with Gasteiger partial charge < -0.3 is 0 Å². The van der Waals surface area contributed by atoms with E-state index in [9.17, 15) is 0 Å². The molecule has 1 rings (SSSR count). The van der Waals surface area contributed by atoms with Crippen LogP contribution < -0.4 is 0 Å². The molecule has 0 saturated heterocycles. The topological polar surface area (TPSA) is 0 Å². The second-order valence-corrected chi connectivity index (χ2v) is 1.65. The third-order valence-corrected chi connectivity index (χ3v) is 0.957. The fourth-order valence-corrected chi connectivity index (χ4v) is 0.554. The van der Waals surface area contributed by atoms with Crippen molar-refractivity contribution in [3.63, 3.8) is 0 Å². The summed E-state index contributed by atoms with van der Waals surface area (Å²) in [6.45, 7) is 0. The minimum absolute atomic E-state index is 1.17. The van der Waals surface area contributed by atoms with E-state index < -0.39 is 0 Å². The molecule has 0 amide bonds. The number of allylic oxidation sites excluding steroid dienone is 4. The van der Waals surface area contributed by atoms with E-state index >= 15 is 0 Å². The van der Waals surface area contributed by atoms with Gasteiger partial charge in [0.1, 0.15) is 0 Å². The summed E-state index contributed by atoms with van der Waals surface area (Å²) in [6, 6.07) is 0. The minimum atomic E-state index is 1.17. The first-order chi connectivity index (χ1) is 2.89. The van der Waals surface area contributed by atoms with Gasteiger partial charge in [0.05, 0.1) is 0 Å². The Balaban J connectivity index is 2.61. The molecule has 0 nitrogen and oxygen atoms in total. The van der Waals surface area contributed by atoms with Crippen molar-refractivity contribution in [3.05, 3.63) is 22.5 Å². The van der Waals surface area contributed by atoms with Crippen LogP contribution in [0, 0.1) is 0 Å². The van der Waals surface area contributed by atoms with E-state index in [-0.39, 0.29) is 0 Å². The molecular formula is C5H5Li. The third-order valence-electron chi connectivity index (χ3n) is 0.957. The molecule has 0 aromatic rings. The van der Waals surface area contributed by atoms with Crippen molar-refractivity contribution in [2.24, 2.45) is 0 Å². The van der Waals surface area contributed by atoms with E-state index in [0.717, 1.165) is 0 Å². The van der Waals surface area contributed by atoms with Gasteiger partial charge in [0.15, 0.2) is 0 Å². The molecule has 0 atom stereocenters. The molecule has 0 aromatic carbocycles.